The van der Waals surface area contributed by atoms with Crippen molar-refractivity contribution in [2.45, 2.75) is 19.8 Å². The molecule has 0 spiro atoms. The van der Waals surface area contributed by atoms with Gasteiger partial charge in [-0.05, 0) is 55.0 Å². The van der Waals surface area contributed by atoms with E-state index in [-0.39, 0.29) is 23.8 Å². The van der Waals surface area contributed by atoms with E-state index >= 15 is 0 Å². The third-order valence-corrected chi connectivity index (χ3v) is 5.92. The number of ether oxygens (including phenoxy) is 2. The van der Waals surface area contributed by atoms with Gasteiger partial charge in [-0.1, -0.05) is 18.2 Å². The second kappa shape index (κ2) is 9.25. The summed E-state index contributed by atoms with van der Waals surface area (Å²) >= 11 is 0. The Bertz CT molecular complexity index is 1110. The fourth-order valence-electron chi connectivity index (χ4n) is 2.71. The van der Waals surface area contributed by atoms with Crippen LogP contribution in [0.1, 0.15) is 12.5 Å². The summed E-state index contributed by atoms with van der Waals surface area (Å²) in [5.41, 5.74) is 1.09. The maximum atomic E-state index is 12.6. The topological polar surface area (TPSA) is 68.7 Å². The second-order valence-electron chi connectivity index (χ2n) is 6.36. The van der Waals surface area contributed by atoms with Gasteiger partial charge < -0.3 is 9.47 Å². The molecule has 0 aliphatic heterocycles. The summed E-state index contributed by atoms with van der Waals surface area (Å²) < 4.78 is 73.7. The molecule has 0 aliphatic carbocycles. The van der Waals surface area contributed by atoms with E-state index in [2.05, 4.69) is 9.72 Å². The molecule has 1 heterocycles. The van der Waals surface area contributed by atoms with Gasteiger partial charge in [-0.2, -0.15) is 0 Å². The standard InChI is InChI=1S/C21H19F3N2O4S/c1-2-31(27,28)26(15-16-6-5-13-25-14-16)17-9-11-18(12-10-17)29-19-7-3-4-8-20(19)30-21(22,23)24/h3-14H,2,15H2,1H3. The first kappa shape index (κ1) is 22.4. The fourth-order valence-corrected chi connectivity index (χ4v) is 3.81. The van der Waals surface area contributed by atoms with Crippen LogP contribution in [0.4, 0.5) is 18.9 Å². The number of para-hydroxylation sites is 2. The third-order valence-electron chi connectivity index (χ3n) is 4.18. The lowest BCUT2D eigenvalue weighted by Crippen LogP contribution is -2.31. The zero-order valence-corrected chi connectivity index (χ0v) is 17.2. The molecule has 0 N–H and O–H groups in total. The van der Waals surface area contributed by atoms with Crippen molar-refractivity contribution >= 4 is 15.7 Å². The summed E-state index contributed by atoms with van der Waals surface area (Å²) in [5.74, 6) is -0.489. The van der Waals surface area contributed by atoms with Gasteiger partial charge in [-0.15, -0.1) is 13.2 Å². The molecule has 0 amide bonds. The molecule has 0 fully saturated rings. The summed E-state index contributed by atoms with van der Waals surface area (Å²) in [6, 6.07) is 14.8. The Balaban J connectivity index is 1.84. The van der Waals surface area contributed by atoms with Crippen LogP contribution in [0.5, 0.6) is 17.2 Å². The van der Waals surface area contributed by atoms with Gasteiger partial charge in [0.05, 0.1) is 18.0 Å². The number of sulfonamides is 1. The van der Waals surface area contributed by atoms with E-state index in [1.807, 2.05) is 0 Å². The highest BCUT2D eigenvalue weighted by molar-refractivity contribution is 7.92. The first-order valence-electron chi connectivity index (χ1n) is 9.20. The zero-order chi connectivity index (χ0) is 22.5. The Hall–Kier alpha value is -3.27. The predicted molar refractivity (Wildman–Crippen MR) is 110 cm³/mol. The quantitative estimate of drug-likeness (QED) is 0.474. The molecule has 6 nitrogen and oxygen atoms in total. The summed E-state index contributed by atoms with van der Waals surface area (Å²) in [6.07, 6.45) is -1.69. The SMILES string of the molecule is CCS(=O)(=O)N(Cc1cccnc1)c1ccc(Oc2ccccc2OC(F)(F)F)cc1. The third kappa shape index (κ3) is 6.11. The first-order chi connectivity index (χ1) is 14.7. The summed E-state index contributed by atoms with van der Waals surface area (Å²) in [4.78, 5) is 4.00. The molecule has 0 bridgehead atoms. The predicted octanol–water partition coefficient (Wildman–Crippen LogP) is 5.13. The van der Waals surface area contributed by atoms with E-state index in [1.54, 1.807) is 31.5 Å². The van der Waals surface area contributed by atoms with E-state index in [0.717, 1.165) is 6.07 Å². The number of halogens is 3. The van der Waals surface area contributed by atoms with E-state index in [4.69, 9.17) is 4.74 Å². The van der Waals surface area contributed by atoms with Crippen molar-refractivity contribution in [2.75, 3.05) is 10.1 Å². The van der Waals surface area contributed by atoms with Crippen LogP contribution in [-0.2, 0) is 16.6 Å². The number of pyridine rings is 1. The van der Waals surface area contributed by atoms with Crippen LogP contribution in [0.15, 0.2) is 73.1 Å². The number of hydrogen-bond donors (Lipinski definition) is 0. The monoisotopic (exact) mass is 452 g/mol. The van der Waals surface area contributed by atoms with Gasteiger partial charge in [0, 0.05) is 12.4 Å². The van der Waals surface area contributed by atoms with Crippen LogP contribution in [0, 0.1) is 0 Å². The molecule has 3 aromatic rings. The van der Waals surface area contributed by atoms with Crippen molar-refractivity contribution < 1.29 is 31.1 Å². The first-order valence-corrected chi connectivity index (χ1v) is 10.8. The Labute approximate surface area is 177 Å². The number of anilines is 1. The molecule has 0 aliphatic rings. The Morgan fingerprint density at radius 2 is 1.65 bits per heavy atom. The van der Waals surface area contributed by atoms with E-state index < -0.39 is 22.1 Å². The molecule has 2 aromatic carbocycles. The Kier molecular flexibility index (Phi) is 6.69. The molecule has 3 rings (SSSR count). The highest BCUT2D eigenvalue weighted by Crippen LogP contribution is 2.35. The van der Waals surface area contributed by atoms with Crippen LogP contribution in [0.2, 0.25) is 0 Å². The average molecular weight is 452 g/mol. The van der Waals surface area contributed by atoms with Gasteiger partial charge in [-0.3, -0.25) is 9.29 Å². The molecule has 0 saturated carbocycles. The van der Waals surface area contributed by atoms with Crippen LogP contribution in [-0.4, -0.2) is 25.5 Å². The minimum Gasteiger partial charge on any atom is -0.453 e. The van der Waals surface area contributed by atoms with Gasteiger partial charge in [0.2, 0.25) is 10.0 Å². The maximum Gasteiger partial charge on any atom is 0.573 e. The van der Waals surface area contributed by atoms with Crippen molar-refractivity contribution in [1.29, 1.82) is 0 Å². The maximum absolute atomic E-state index is 12.6. The number of rotatable bonds is 8. The molecule has 0 atom stereocenters. The fraction of sp³-hybridized carbons (Fsp3) is 0.190. The summed E-state index contributed by atoms with van der Waals surface area (Å²) in [6.45, 7) is 1.63. The summed E-state index contributed by atoms with van der Waals surface area (Å²) in [5, 5.41) is 0. The van der Waals surface area contributed by atoms with Crippen molar-refractivity contribution in [2.24, 2.45) is 0 Å². The van der Waals surface area contributed by atoms with Crippen LogP contribution in [0.3, 0.4) is 0 Å². The molecule has 31 heavy (non-hydrogen) atoms. The number of aromatic nitrogens is 1. The average Bonchev–Trinajstić information content (AvgIpc) is 2.74. The smallest absolute Gasteiger partial charge is 0.453 e. The van der Waals surface area contributed by atoms with Crippen molar-refractivity contribution in [3.8, 4) is 17.2 Å². The van der Waals surface area contributed by atoms with Gasteiger partial charge in [0.25, 0.3) is 0 Å². The minimum absolute atomic E-state index is 0.0898. The zero-order valence-electron chi connectivity index (χ0n) is 16.4. The Morgan fingerprint density at radius 1 is 0.968 bits per heavy atom. The van der Waals surface area contributed by atoms with E-state index in [1.165, 1.54) is 46.8 Å². The number of nitrogens with zero attached hydrogens (tertiary/aromatic N) is 2. The molecule has 0 unspecified atom stereocenters. The van der Waals surface area contributed by atoms with Gasteiger partial charge in [0.1, 0.15) is 5.75 Å². The van der Waals surface area contributed by atoms with Gasteiger partial charge in [-0.25, -0.2) is 8.42 Å². The van der Waals surface area contributed by atoms with E-state index in [0.29, 0.717) is 11.3 Å². The second-order valence-corrected chi connectivity index (χ2v) is 8.54. The van der Waals surface area contributed by atoms with Crippen LogP contribution >= 0.6 is 0 Å². The van der Waals surface area contributed by atoms with Crippen molar-refractivity contribution in [3.05, 3.63) is 78.6 Å². The molecule has 0 saturated heterocycles. The lowest BCUT2D eigenvalue weighted by molar-refractivity contribution is -0.275. The highest BCUT2D eigenvalue weighted by Gasteiger charge is 2.32. The van der Waals surface area contributed by atoms with Gasteiger partial charge >= 0.3 is 6.36 Å². The molecule has 0 radical (unpaired) electrons. The lowest BCUT2D eigenvalue weighted by atomic mass is 10.2. The van der Waals surface area contributed by atoms with Crippen LogP contribution < -0.4 is 13.8 Å². The molecule has 10 heteroatoms. The molecule has 164 valence electrons. The minimum atomic E-state index is -4.86. The number of hydrogen-bond acceptors (Lipinski definition) is 5. The van der Waals surface area contributed by atoms with Gasteiger partial charge in [0.15, 0.2) is 11.5 Å². The van der Waals surface area contributed by atoms with E-state index in [9.17, 15) is 21.6 Å². The number of benzene rings is 2. The highest BCUT2D eigenvalue weighted by atomic mass is 32.2. The lowest BCUT2D eigenvalue weighted by Gasteiger charge is -2.24. The molecular formula is C21H19F3N2O4S. The van der Waals surface area contributed by atoms with Crippen molar-refractivity contribution in [3.63, 3.8) is 0 Å². The van der Waals surface area contributed by atoms with Crippen molar-refractivity contribution in [1.82, 2.24) is 4.98 Å². The molecular weight excluding hydrogens is 433 g/mol. The summed E-state index contributed by atoms with van der Waals surface area (Å²) in [7, 11) is -3.59. The molecule has 1 aromatic heterocycles. The largest absolute Gasteiger partial charge is 0.573 e. The Morgan fingerprint density at radius 3 is 2.23 bits per heavy atom. The van der Waals surface area contributed by atoms with Crippen LogP contribution in [0.25, 0.3) is 0 Å². The normalized spacial score (nSPS) is 11.7. The number of alkyl halides is 3.